The van der Waals surface area contributed by atoms with Gasteiger partial charge in [0.1, 0.15) is 5.75 Å². The van der Waals surface area contributed by atoms with Crippen molar-refractivity contribution in [2.75, 3.05) is 25.6 Å². The largest absolute Gasteiger partial charge is 0.497 e. The molecule has 0 aromatic heterocycles. The first-order valence-corrected chi connectivity index (χ1v) is 9.56. The van der Waals surface area contributed by atoms with E-state index in [1.54, 1.807) is 50.4 Å². The van der Waals surface area contributed by atoms with Gasteiger partial charge in [0.2, 0.25) is 0 Å². The van der Waals surface area contributed by atoms with Crippen molar-refractivity contribution in [3.8, 4) is 5.75 Å². The Morgan fingerprint density at radius 2 is 1.87 bits per heavy atom. The predicted octanol–water partition coefficient (Wildman–Crippen LogP) is 4.02. The third-order valence-corrected chi connectivity index (χ3v) is 4.35. The van der Waals surface area contributed by atoms with E-state index in [1.165, 1.54) is 0 Å². The lowest BCUT2D eigenvalue weighted by Gasteiger charge is -2.13. The maximum atomic E-state index is 12.8. The molecule has 0 aliphatic carbocycles. The highest BCUT2D eigenvalue weighted by Crippen LogP contribution is 2.28. The smallest absolute Gasteiger partial charge is 0.337 e. The molecule has 3 rings (SSSR count). The number of esters is 1. The van der Waals surface area contributed by atoms with Gasteiger partial charge < -0.3 is 19.5 Å². The lowest BCUT2D eigenvalue weighted by atomic mass is 10.0. The maximum absolute atomic E-state index is 12.8. The van der Waals surface area contributed by atoms with E-state index in [-0.39, 0.29) is 19.0 Å². The van der Waals surface area contributed by atoms with Crippen LogP contribution in [0.15, 0.2) is 76.2 Å². The number of nitrogens with one attached hydrogen (secondary N) is 1. The number of methoxy groups -OCH3 is 1. The highest BCUT2D eigenvalue weighted by atomic mass is 16.5. The highest BCUT2D eigenvalue weighted by molar-refractivity contribution is 6.04. The number of amides is 1. The Hall–Kier alpha value is -3.68. The zero-order chi connectivity index (χ0) is 21.3. The Labute approximate surface area is 174 Å². The Kier molecular flexibility index (Phi) is 7.15. The van der Waals surface area contributed by atoms with Crippen LogP contribution in [0.1, 0.15) is 13.3 Å². The zero-order valence-electron chi connectivity index (χ0n) is 16.8. The quantitative estimate of drug-likeness (QED) is 0.524. The standard InChI is InChI=1S/C22H23N3O5/c1-3-29-22(27)19(25-24-16-7-5-4-6-8-16)18-13-14-30-20(18)21(26)23-15-9-11-17(28-2)12-10-15/h4-12,19H,3,13-14H2,1-2H3,(H,23,26). The molecule has 0 spiro atoms. The molecule has 2 aromatic rings. The molecule has 8 nitrogen and oxygen atoms in total. The molecule has 1 heterocycles. The monoisotopic (exact) mass is 409 g/mol. The third-order valence-electron chi connectivity index (χ3n) is 4.35. The number of benzene rings is 2. The molecule has 1 atom stereocenters. The second-order valence-corrected chi connectivity index (χ2v) is 6.34. The van der Waals surface area contributed by atoms with Crippen molar-refractivity contribution in [1.82, 2.24) is 0 Å². The second kappa shape index (κ2) is 10.2. The molecule has 1 unspecified atom stereocenters. The Morgan fingerprint density at radius 1 is 1.13 bits per heavy atom. The van der Waals surface area contributed by atoms with Crippen molar-refractivity contribution < 1.29 is 23.8 Å². The van der Waals surface area contributed by atoms with Crippen LogP contribution in [0.4, 0.5) is 11.4 Å². The summed E-state index contributed by atoms with van der Waals surface area (Å²) in [7, 11) is 1.57. The summed E-state index contributed by atoms with van der Waals surface area (Å²) in [5.41, 5.74) is 1.61. The summed E-state index contributed by atoms with van der Waals surface area (Å²) in [5.74, 6) is -0.297. The van der Waals surface area contributed by atoms with Crippen LogP contribution >= 0.6 is 0 Å². The third kappa shape index (κ3) is 5.22. The van der Waals surface area contributed by atoms with E-state index < -0.39 is 17.9 Å². The van der Waals surface area contributed by atoms with E-state index in [0.717, 1.165) is 0 Å². The predicted molar refractivity (Wildman–Crippen MR) is 111 cm³/mol. The molecule has 0 saturated heterocycles. The normalized spacial score (nSPS) is 14.3. The summed E-state index contributed by atoms with van der Waals surface area (Å²) in [6, 6.07) is 14.9. The van der Waals surface area contributed by atoms with Gasteiger partial charge in [-0.25, -0.2) is 4.79 Å². The Bertz CT molecular complexity index is 939. The van der Waals surface area contributed by atoms with Crippen molar-refractivity contribution in [2.24, 2.45) is 10.2 Å². The maximum Gasteiger partial charge on any atom is 0.337 e. The molecule has 156 valence electrons. The first kappa shape index (κ1) is 21.0. The van der Waals surface area contributed by atoms with E-state index in [9.17, 15) is 9.59 Å². The lowest BCUT2D eigenvalue weighted by molar-refractivity contribution is -0.143. The molecule has 0 fully saturated rings. The number of carbonyl (C=O) groups excluding carboxylic acids is 2. The Balaban J connectivity index is 1.85. The molecule has 8 heteroatoms. The summed E-state index contributed by atoms with van der Waals surface area (Å²) in [5, 5.41) is 11.1. The van der Waals surface area contributed by atoms with Gasteiger partial charge in [-0.05, 0) is 43.3 Å². The molecule has 1 N–H and O–H groups in total. The fourth-order valence-corrected chi connectivity index (χ4v) is 2.90. The summed E-state index contributed by atoms with van der Waals surface area (Å²) in [4.78, 5) is 25.3. The van der Waals surface area contributed by atoms with Gasteiger partial charge in [-0.1, -0.05) is 18.2 Å². The minimum Gasteiger partial charge on any atom is -0.497 e. The van der Waals surface area contributed by atoms with Crippen LogP contribution in [-0.2, 0) is 19.1 Å². The van der Waals surface area contributed by atoms with Gasteiger partial charge in [-0.15, -0.1) is 0 Å². The number of hydrogen-bond donors (Lipinski definition) is 1. The van der Waals surface area contributed by atoms with E-state index >= 15 is 0 Å². The van der Waals surface area contributed by atoms with Crippen LogP contribution in [-0.4, -0.2) is 38.2 Å². The minimum atomic E-state index is -1.05. The van der Waals surface area contributed by atoms with Crippen LogP contribution in [0.2, 0.25) is 0 Å². The van der Waals surface area contributed by atoms with Gasteiger partial charge in [0.25, 0.3) is 5.91 Å². The number of rotatable bonds is 8. The van der Waals surface area contributed by atoms with E-state index in [2.05, 4.69) is 15.5 Å². The topological polar surface area (TPSA) is 98.6 Å². The van der Waals surface area contributed by atoms with Crippen LogP contribution in [0.5, 0.6) is 5.75 Å². The number of anilines is 1. The molecule has 2 aromatic carbocycles. The SMILES string of the molecule is CCOC(=O)C(N=Nc1ccccc1)C1=C(C(=O)Nc2ccc(OC)cc2)OCC1. The first-order chi connectivity index (χ1) is 14.6. The van der Waals surface area contributed by atoms with Crippen molar-refractivity contribution in [2.45, 2.75) is 19.4 Å². The molecule has 1 aliphatic rings. The fraction of sp³-hybridized carbons (Fsp3) is 0.273. The van der Waals surface area contributed by atoms with E-state index in [0.29, 0.717) is 29.1 Å². The van der Waals surface area contributed by atoms with Crippen LogP contribution in [0, 0.1) is 0 Å². The van der Waals surface area contributed by atoms with Gasteiger partial charge in [-0.3, -0.25) is 4.79 Å². The van der Waals surface area contributed by atoms with Gasteiger partial charge in [-0.2, -0.15) is 10.2 Å². The van der Waals surface area contributed by atoms with Crippen LogP contribution in [0.3, 0.4) is 0 Å². The van der Waals surface area contributed by atoms with Crippen LogP contribution < -0.4 is 10.1 Å². The first-order valence-electron chi connectivity index (χ1n) is 9.56. The summed E-state index contributed by atoms with van der Waals surface area (Å²) in [6.07, 6.45) is 0.378. The van der Waals surface area contributed by atoms with Gasteiger partial charge in [0, 0.05) is 17.7 Å². The van der Waals surface area contributed by atoms with Crippen molar-refractivity contribution in [3.05, 3.63) is 65.9 Å². The number of carbonyl (C=O) groups is 2. The molecule has 30 heavy (non-hydrogen) atoms. The summed E-state index contributed by atoms with van der Waals surface area (Å²) < 4.78 is 15.8. The average molecular weight is 409 g/mol. The molecular weight excluding hydrogens is 386 g/mol. The zero-order valence-corrected chi connectivity index (χ0v) is 16.8. The van der Waals surface area contributed by atoms with Crippen molar-refractivity contribution >= 4 is 23.3 Å². The molecule has 1 aliphatic heterocycles. The molecule has 0 radical (unpaired) electrons. The van der Waals surface area contributed by atoms with Crippen molar-refractivity contribution in [3.63, 3.8) is 0 Å². The second-order valence-electron chi connectivity index (χ2n) is 6.34. The highest BCUT2D eigenvalue weighted by Gasteiger charge is 2.34. The summed E-state index contributed by atoms with van der Waals surface area (Å²) >= 11 is 0. The van der Waals surface area contributed by atoms with E-state index in [4.69, 9.17) is 14.2 Å². The Morgan fingerprint density at radius 3 is 2.53 bits per heavy atom. The van der Waals surface area contributed by atoms with E-state index in [1.807, 2.05) is 18.2 Å². The molecular formula is C22H23N3O5. The van der Waals surface area contributed by atoms with Gasteiger partial charge in [0.15, 0.2) is 11.8 Å². The molecule has 0 saturated carbocycles. The van der Waals surface area contributed by atoms with Crippen molar-refractivity contribution in [1.29, 1.82) is 0 Å². The summed E-state index contributed by atoms with van der Waals surface area (Å²) in [6.45, 7) is 2.18. The fourth-order valence-electron chi connectivity index (χ4n) is 2.90. The number of azo groups is 1. The number of hydrogen-bond acceptors (Lipinski definition) is 7. The van der Waals surface area contributed by atoms with Gasteiger partial charge in [0.05, 0.1) is 26.0 Å². The molecule has 0 bridgehead atoms. The number of ether oxygens (including phenoxy) is 3. The average Bonchev–Trinajstić information content (AvgIpc) is 3.25. The van der Waals surface area contributed by atoms with Gasteiger partial charge >= 0.3 is 5.97 Å². The minimum absolute atomic E-state index is 0.0656. The number of nitrogens with zero attached hydrogens (tertiary/aromatic N) is 2. The van der Waals surface area contributed by atoms with Crippen LogP contribution in [0.25, 0.3) is 0 Å². The lowest BCUT2D eigenvalue weighted by Crippen LogP contribution is -2.26. The molecule has 1 amide bonds.